The van der Waals surface area contributed by atoms with E-state index < -0.39 is 0 Å². The summed E-state index contributed by atoms with van der Waals surface area (Å²) in [7, 11) is 1.85. The molecule has 0 bridgehead atoms. The standard InChI is InChI=1S/C12H15BrN4/c1-7-5-4-6-8(2)9(7)10(14)11-12(13)15-16-17(11)3/h4-6,10H,14H2,1-3H3. The molecule has 1 heterocycles. The number of halogens is 1. The third-order valence-electron chi connectivity index (χ3n) is 2.97. The van der Waals surface area contributed by atoms with Gasteiger partial charge >= 0.3 is 0 Å². The van der Waals surface area contributed by atoms with E-state index in [1.165, 1.54) is 11.1 Å². The van der Waals surface area contributed by atoms with E-state index >= 15 is 0 Å². The quantitative estimate of drug-likeness (QED) is 0.924. The third-order valence-corrected chi connectivity index (χ3v) is 3.54. The summed E-state index contributed by atoms with van der Waals surface area (Å²) in [5.41, 5.74) is 10.7. The van der Waals surface area contributed by atoms with E-state index in [1.807, 2.05) is 13.1 Å². The van der Waals surface area contributed by atoms with Crippen molar-refractivity contribution in [1.82, 2.24) is 15.0 Å². The minimum atomic E-state index is -0.217. The lowest BCUT2D eigenvalue weighted by Gasteiger charge is -2.17. The highest BCUT2D eigenvalue weighted by Crippen LogP contribution is 2.28. The Morgan fingerprint density at radius 3 is 2.35 bits per heavy atom. The van der Waals surface area contributed by atoms with Crippen molar-refractivity contribution in [3.63, 3.8) is 0 Å². The van der Waals surface area contributed by atoms with Crippen molar-refractivity contribution in [1.29, 1.82) is 0 Å². The van der Waals surface area contributed by atoms with Crippen molar-refractivity contribution < 1.29 is 0 Å². The van der Waals surface area contributed by atoms with Gasteiger partial charge in [0.15, 0.2) is 4.60 Å². The van der Waals surface area contributed by atoms with Gasteiger partial charge in [0.05, 0.1) is 11.7 Å². The zero-order valence-corrected chi connectivity index (χ0v) is 11.7. The van der Waals surface area contributed by atoms with Crippen LogP contribution in [0.1, 0.15) is 28.4 Å². The van der Waals surface area contributed by atoms with Gasteiger partial charge in [0.2, 0.25) is 0 Å². The SMILES string of the molecule is Cc1cccc(C)c1C(N)c1c(Br)nnn1C. The molecule has 4 nitrogen and oxygen atoms in total. The fourth-order valence-electron chi connectivity index (χ4n) is 2.12. The molecule has 0 fully saturated rings. The molecule has 0 aliphatic rings. The lowest BCUT2D eigenvalue weighted by Crippen LogP contribution is -2.18. The Kier molecular flexibility index (Phi) is 3.31. The summed E-state index contributed by atoms with van der Waals surface area (Å²) < 4.78 is 2.41. The largest absolute Gasteiger partial charge is 0.319 e. The van der Waals surface area contributed by atoms with E-state index in [2.05, 4.69) is 52.2 Å². The van der Waals surface area contributed by atoms with Crippen LogP contribution < -0.4 is 5.73 Å². The number of aromatic nitrogens is 3. The lowest BCUT2D eigenvalue weighted by atomic mass is 9.95. The molecule has 1 atom stereocenters. The van der Waals surface area contributed by atoms with E-state index in [0.29, 0.717) is 4.60 Å². The number of aryl methyl sites for hydroxylation is 3. The highest BCUT2D eigenvalue weighted by molar-refractivity contribution is 9.10. The minimum Gasteiger partial charge on any atom is -0.319 e. The van der Waals surface area contributed by atoms with Crippen LogP contribution in [-0.4, -0.2) is 15.0 Å². The van der Waals surface area contributed by atoms with Crippen molar-refractivity contribution >= 4 is 15.9 Å². The maximum absolute atomic E-state index is 6.33. The number of hydrogen-bond donors (Lipinski definition) is 1. The molecule has 0 spiro atoms. The molecule has 1 unspecified atom stereocenters. The van der Waals surface area contributed by atoms with Crippen molar-refractivity contribution in [2.75, 3.05) is 0 Å². The molecule has 90 valence electrons. The summed E-state index contributed by atoms with van der Waals surface area (Å²) in [6.07, 6.45) is 0. The van der Waals surface area contributed by atoms with Crippen molar-refractivity contribution in [2.24, 2.45) is 12.8 Å². The van der Waals surface area contributed by atoms with E-state index in [0.717, 1.165) is 11.3 Å². The summed E-state index contributed by atoms with van der Waals surface area (Å²) in [5, 5.41) is 7.93. The van der Waals surface area contributed by atoms with Gasteiger partial charge in [-0.3, -0.25) is 0 Å². The molecule has 17 heavy (non-hydrogen) atoms. The maximum Gasteiger partial charge on any atom is 0.153 e. The predicted octanol–water partition coefficient (Wildman–Crippen LogP) is 2.24. The van der Waals surface area contributed by atoms with Crippen LogP contribution in [0.3, 0.4) is 0 Å². The molecule has 0 saturated carbocycles. The van der Waals surface area contributed by atoms with Crippen molar-refractivity contribution in [2.45, 2.75) is 19.9 Å². The van der Waals surface area contributed by atoms with E-state index in [-0.39, 0.29) is 6.04 Å². The van der Waals surface area contributed by atoms with Gasteiger partial charge in [-0.25, -0.2) is 4.68 Å². The topological polar surface area (TPSA) is 56.7 Å². The Bertz CT molecular complexity index is 508. The van der Waals surface area contributed by atoms with Crippen LogP contribution >= 0.6 is 15.9 Å². The molecule has 0 amide bonds. The summed E-state index contributed by atoms with van der Waals surface area (Å²) in [5.74, 6) is 0. The van der Waals surface area contributed by atoms with Gasteiger partial charge in [0.1, 0.15) is 0 Å². The Morgan fingerprint density at radius 1 is 1.29 bits per heavy atom. The van der Waals surface area contributed by atoms with Gasteiger partial charge < -0.3 is 5.73 Å². The first-order valence-corrected chi connectivity index (χ1v) is 6.18. The zero-order chi connectivity index (χ0) is 12.6. The second-order valence-corrected chi connectivity index (χ2v) is 4.92. The smallest absolute Gasteiger partial charge is 0.153 e. The Labute approximate surface area is 109 Å². The second-order valence-electron chi connectivity index (χ2n) is 4.17. The van der Waals surface area contributed by atoms with Crippen LogP contribution in [0, 0.1) is 13.8 Å². The number of benzene rings is 1. The predicted molar refractivity (Wildman–Crippen MR) is 70.6 cm³/mol. The molecule has 0 saturated heterocycles. The van der Waals surface area contributed by atoms with Crippen molar-refractivity contribution in [3.8, 4) is 0 Å². The Morgan fingerprint density at radius 2 is 1.88 bits per heavy atom. The molecule has 0 aliphatic heterocycles. The highest BCUT2D eigenvalue weighted by atomic mass is 79.9. The van der Waals surface area contributed by atoms with Crippen LogP contribution in [0.2, 0.25) is 0 Å². The van der Waals surface area contributed by atoms with Crippen LogP contribution in [0.25, 0.3) is 0 Å². The van der Waals surface area contributed by atoms with Gasteiger partial charge in [0.25, 0.3) is 0 Å². The highest BCUT2D eigenvalue weighted by Gasteiger charge is 2.20. The summed E-state index contributed by atoms with van der Waals surface area (Å²) in [6.45, 7) is 4.14. The molecule has 0 radical (unpaired) electrons. The molecule has 2 N–H and O–H groups in total. The number of rotatable bonds is 2. The fourth-order valence-corrected chi connectivity index (χ4v) is 2.70. The molecule has 5 heteroatoms. The molecular weight excluding hydrogens is 280 g/mol. The third kappa shape index (κ3) is 2.12. The molecule has 1 aromatic carbocycles. The monoisotopic (exact) mass is 294 g/mol. The first-order chi connectivity index (χ1) is 8.02. The molecule has 1 aromatic heterocycles. The Hall–Kier alpha value is -1.20. The van der Waals surface area contributed by atoms with Crippen LogP contribution in [0.5, 0.6) is 0 Å². The summed E-state index contributed by atoms with van der Waals surface area (Å²) >= 11 is 3.39. The molecule has 0 aliphatic carbocycles. The summed E-state index contributed by atoms with van der Waals surface area (Å²) in [6, 6.07) is 5.96. The number of nitrogens with zero attached hydrogens (tertiary/aromatic N) is 3. The number of nitrogens with two attached hydrogens (primary N) is 1. The normalized spacial score (nSPS) is 12.8. The van der Waals surface area contributed by atoms with E-state index in [9.17, 15) is 0 Å². The molecular formula is C12H15BrN4. The zero-order valence-electron chi connectivity index (χ0n) is 10.1. The minimum absolute atomic E-state index is 0.217. The molecule has 2 rings (SSSR count). The lowest BCUT2D eigenvalue weighted by molar-refractivity contribution is 0.648. The van der Waals surface area contributed by atoms with Crippen LogP contribution in [-0.2, 0) is 7.05 Å². The van der Waals surface area contributed by atoms with Crippen molar-refractivity contribution in [3.05, 3.63) is 45.2 Å². The molecule has 2 aromatic rings. The van der Waals surface area contributed by atoms with Gasteiger partial charge in [-0.2, -0.15) is 0 Å². The van der Waals surface area contributed by atoms with Gasteiger partial charge in [-0.15, -0.1) is 5.10 Å². The maximum atomic E-state index is 6.33. The fraction of sp³-hybridized carbons (Fsp3) is 0.333. The average Bonchev–Trinajstić information content (AvgIpc) is 2.58. The van der Waals surface area contributed by atoms with Gasteiger partial charge in [0, 0.05) is 7.05 Å². The van der Waals surface area contributed by atoms with Crippen LogP contribution in [0.15, 0.2) is 22.8 Å². The summed E-state index contributed by atoms with van der Waals surface area (Å²) in [4.78, 5) is 0. The first kappa shape index (κ1) is 12.3. The number of hydrogen-bond acceptors (Lipinski definition) is 3. The van der Waals surface area contributed by atoms with E-state index in [4.69, 9.17) is 5.73 Å². The average molecular weight is 295 g/mol. The first-order valence-electron chi connectivity index (χ1n) is 5.39. The van der Waals surface area contributed by atoms with Crippen LogP contribution in [0.4, 0.5) is 0 Å². The van der Waals surface area contributed by atoms with Gasteiger partial charge in [-0.05, 0) is 46.5 Å². The second kappa shape index (κ2) is 4.58. The van der Waals surface area contributed by atoms with Gasteiger partial charge in [-0.1, -0.05) is 23.4 Å². The van der Waals surface area contributed by atoms with E-state index in [1.54, 1.807) is 4.68 Å². The Balaban J connectivity index is 2.55.